The van der Waals surface area contributed by atoms with Gasteiger partial charge in [0.25, 0.3) is 0 Å². The normalized spacial score (nSPS) is 22.4. The Morgan fingerprint density at radius 3 is 2.11 bits per heavy atom. The van der Waals surface area contributed by atoms with Gasteiger partial charge in [-0.25, -0.2) is 0 Å². The number of aryl methyl sites for hydroxylation is 1. The van der Waals surface area contributed by atoms with Crippen molar-refractivity contribution in [2.75, 3.05) is 26.7 Å². The van der Waals surface area contributed by atoms with E-state index in [0.29, 0.717) is 6.54 Å². The molecular formula is C33H39N3O2. The number of amides is 2. The standard InChI is InChI=1S/C33H39N3O2/c1-25-14-16-29(17-15-25)33(31(38)35(3)23-27-10-6-4-7-11-27)22-30(33)24-36-20-18-32(19-21-36,34-26(2)37)28-12-8-5-9-13-28/h4-17,30H,18-24H2,1-3H3,(H,34,37)/t30-,33+/m0/s1. The number of piperidine rings is 1. The van der Waals surface area contributed by atoms with Gasteiger partial charge in [-0.2, -0.15) is 0 Å². The van der Waals surface area contributed by atoms with Gasteiger partial charge in [0.05, 0.1) is 11.0 Å². The molecule has 0 radical (unpaired) electrons. The molecule has 0 bridgehead atoms. The molecule has 3 aromatic rings. The fraction of sp³-hybridized carbons (Fsp3) is 0.394. The number of rotatable bonds is 8. The summed E-state index contributed by atoms with van der Waals surface area (Å²) in [5.74, 6) is 0.500. The quantitative estimate of drug-likeness (QED) is 0.463. The zero-order valence-electron chi connectivity index (χ0n) is 22.8. The molecule has 5 rings (SSSR count). The van der Waals surface area contributed by atoms with Crippen LogP contribution in [0.1, 0.15) is 48.4 Å². The SMILES string of the molecule is CC(=O)NC1(c2ccccc2)CCN(C[C@@H]2C[C@@]2(C(=O)N(C)Cc2ccccc2)c2ccc(C)cc2)CC1. The molecule has 5 heteroatoms. The van der Waals surface area contributed by atoms with E-state index < -0.39 is 5.41 Å². The number of likely N-dealkylation sites (tertiary alicyclic amines) is 1. The average molecular weight is 510 g/mol. The number of hydrogen-bond donors (Lipinski definition) is 1. The third-order valence-corrected chi connectivity index (χ3v) is 8.59. The van der Waals surface area contributed by atoms with Crippen LogP contribution in [0.25, 0.3) is 0 Å². The fourth-order valence-corrected chi connectivity index (χ4v) is 6.42. The first-order valence-corrected chi connectivity index (χ1v) is 13.8. The Kier molecular flexibility index (Phi) is 7.40. The highest BCUT2D eigenvalue weighted by Gasteiger charge is 2.62. The van der Waals surface area contributed by atoms with Crippen molar-refractivity contribution < 1.29 is 9.59 Å². The summed E-state index contributed by atoms with van der Waals surface area (Å²) in [6.07, 6.45) is 2.60. The van der Waals surface area contributed by atoms with Crippen molar-refractivity contribution >= 4 is 11.8 Å². The van der Waals surface area contributed by atoms with Crippen molar-refractivity contribution in [1.82, 2.24) is 15.1 Å². The van der Waals surface area contributed by atoms with Gasteiger partial charge < -0.3 is 15.1 Å². The Balaban J connectivity index is 1.31. The Labute approximate surface area is 226 Å². The second kappa shape index (κ2) is 10.7. The van der Waals surface area contributed by atoms with Crippen LogP contribution < -0.4 is 5.32 Å². The highest BCUT2D eigenvalue weighted by Crippen LogP contribution is 2.56. The lowest BCUT2D eigenvalue weighted by Crippen LogP contribution is -2.53. The van der Waals surface area contributed by atoms with E-state index in [0.717, 1.165) is 50.0 Å². The van der Waals surface area contributed by atoms with E-state index in [-0.39, 0.29) is 23.3 Å². The molecule has 38 heavy (non-hydrogen) atoms. The van der Waals surface area contributed by atoms with E-state index in [1.54, 1.807) is 6.92 Å². The number of nitrogens with zero attached hydrogens (tertiary/aromatic N) is 2. The van der Waals surface area contributed by atoms with E-state index >= 15 is 0 Å². The van der Waals surface area contributed by atoms with Gasteiger partial charge in [0.1, 0.15) is 0 Å². The number of carbonyl (C=O) groups excluding carboxylic acids is 2. The molecular weight excluding hydrogens is 470 g/mol. The topological polar surface area (TPSA) is 52.7 Å². The minimum atomic E-state index is -0.469. The monoisotopic (exact) mass is 509 g/mol. The molecule has 0 spiro atoms. The van der Waals surface area contributed by atoms with Crippen molar-refractivity contribution in [3.8, 4) is 0 Å². The van der Waals surface area contributed by atoms with Crippen LogP contribution >= 0.6 is 0 Å². The van der Waals surface area contributed by atoms with E-state index in [1.807, 2.05) is 48.3 Å². The highest BCUT2D eigenvalue weighted by atomic mass is 16.2. The largest absolute Gasteiger partial charge is 0.347 e. The Bertz CT molecular complexity index is 1250. The molecule has 1 saturated heterocycles. The smallest absolute Gasteiger partial charge is 0.233 e. The number of likely N-dealkylation sites (N-methyl/N-ethyl adjacent to an activating group) is 1. The van der Waals surface area contributed by atoms with Crippen LogP contribution in [0.3, 0.4) is 0 Å². The maximum atomic E-state index is 14.0. The molecule has 0 aromatic heterocycles. The van der Waals surface area contributed by atoms with E-state index in [1.165, 1.54) is 11.1 Å². The number of hydrogen-bond acceptors (Lipinski definition) is 3. The van der Waals surface area contributed by atoms with Crippen molar-refractivity contribution in [3.05, 3.63) is 107 Å². The van der Waals surface area contributed by atoms with Crippen molar-refractivity contribution in [1.29, 1.82) is 0 Å². The number of nitrogens with one attached hydrogen (secondary N) is 1. The highest BCUT2D eigenvalue weighted by molar-refractivity contribution is 5.92. The van der Waals surface area contributed by atoms with Gasteiger partial charge in [-0.15, -0.1) is 0 Å². The van der Waals surface area contributed by atoms with Gasteiger partial charge in [0.15, 0.2) is 0 Å². The molecule has 1 saturated carbocycles. The lowest BCUT2D eigenvalue weighted by Gasteiger charge is -2.43. The minimum absolute atomic E-state index is 0.00920. The summed E-state index contributed by atoms with van der Waals surface area (Å²) >= 11 is 0. The molecule has 0 unspecified atom stereocenters. The number of benzene rings is 3. The third-order valence-electron chi connectivity index (χ3n) is 8.59. The fourth-order valence-electron chi connectivity index (χ4n) is 6.42. The predicted octanol–water partition coefficient (Wildman–Crippen LogP) is 5.04. The summed E-state index contributed by atoms with van der Waals surface area (Å²) in [5.41, 5.74) is 3.86. The van der Waals surface area contributed by atoms with Gasteiger partial charge in [0.2, 0.25) is 11.8 Å². The van der Waals surface area contributed by atoms with Crippen LogP contribution in [-0.4, -0.2) is 48.3 Å². The summed E-state index contributed by atoms with van der Waals surface area (Å²) in [4.78, 5) is 30.6. The molecule has 198 valence electrons. The summed E-state index contributed by atoms with van der Waals surface area (Å²) in [6.45, 7) is 6.98. The Morgan fingerprint density at radius 1 is 0.895 bits per heavy atom. The zero-order valence-corrected chi connectivity index (χ0v) is 22.8. The molecule has 1 N–H and O–H groups in total. The predicted molar refractivity (Wildman–Crippen MR) is 151 cm³/mol. The molecule has 5 nitrogen and oxygen atoms in total. The maximum Gasteiger partial charge on any atom is 0.233 e. The molecule has 1 heterocycles. The second-order valence-corrected chi connectivity index (χ2v) is 11.3. The first kappa shape index (κ1) is 26.2. The van der Waals surface area contributed by atoms with E-state index in [9.17, 15) is 9.59 Å². The van der Waals surface area contributed by atoms with Crippen LogP contribution in [0.2, 0.25) is 0 Å². The first-order valence-electron chi connectivity index (χ1n) is 13.8. The van der Waals surface area contributed by atoms with Crippen molar-refractivity contribution in [2.45, 2.75) is 50.6 Å². The van der Waals surface area contributed by atoms with Gasteiger partial charge in [0, 0.05) is 40.2 Å². The van der Waals surface area contributed by atoms with Gasteiger partial charge >= 0.3 is 0 Å². The van der Waals surface area contributed by atoms with Crippen molar-refractivity contribution in [2.24, 2.45) is 5.92 Å². The van der Waals surface area contributed by atoms with Crippen LogP contribution in [0.15, 0.2) is 84.9 Å². The van der Waals surface area contributed by atoms with E-state index in [4.69, 9.17) is 0 Å². The Morgan fingerprint density at radius 2 is 1.50 bits per heavy atom. The third kappa shape index (κ3) is 5.25. The number of carbonyl (C=O) groups is 2. The Hall–Kier alpha value is -3.44. The lowest BCUT2D eigenvalue weighted by atomic mass is 9.80. The molecule has 2 fully saturated rings. The van der Waals surface area contributed by atoms with Crippen LogP contribution in [0, 0.1) is 12.8 Å². The summed E-state index contributed by atoms with van der Waals surface area (Å²) in [6, 6.07) is 29.1. The summed E-state index contributed by atoms with van der Waals surface area (Å²) in [5, 5.41) is 3.28. The molecule has 2 amide bonds. The molecule has 1 aliphatic heterocycles. The van der Waals surface area contributed by atoms with Crippen LogP contribution in [-0.2, 0) is 27.1 Å². The molecule has 2 atom stereocenters. The van der Waals surface area contributed by atoms with Gasteiger partial charge in [-0.05, 0) is 48.8 Å². The maximum absolute atomic E-state index is 14.0. The van der Waals surface area contributed by atoms with Crippen LogP contribution in [0.5, 0.6) is 0 Å². The summed E-state index contributed by atoms with van der Waals surface area (Å²) in [7, 11) is 1.93. The lowest BCUT2D eigenvalue weighted by molar-refractivity contribution is -0.133. The molecule has 2 aliphatic rings. The van der Waals surface area contributed by atoms with Gasteiger partial charge in [-0.1, -0.05) is 90.5 Å². The van der Waals surface area contributed by atoms with Crippen molar-refractivity contribution in [3.63, 3.8) is 0 Å². The van der Waals surface area contributed by atoms with E-state index in [2.05, 4.69) is 65.7 Å². The van der Waals surface area contributed by atoms with Crippen LogP contribution in [0.4, 0.5) is 0 Å². The first-order chi connectivity index (χ1) is 18.3. The minimum Gasteiger partial charge on any atom is -0.347 e. The zero-order chi connectivity index (χ0) is 26.8. The molecule has 1 aliphatic carbocycles. The van der Waals surface area contributed by atoms with Gasteiger partial charge in [-0.3, -0.25) is 9.59 Å². The summed E-state index contributed by atoms with van der Waals surface area (Å²) < 4.78 is 0. The second-order valence-electron chi connectivity index (χ2n) is 11.3. The average Bonchev–Trinajstić information content (AvgIpc) is 3.65. The molecule has 3 aromatic carbocycles.